The fourth-order valence-electron chi connectivity index (χ4n) is 5.16. The predicted molar refractivity (Wildman–Crippen MR) is 120 cm³/mol. The molecule has 0 heterocycles. The molecule has 166 valence electrons. The van der Waals surface area contributed by atoms with Gasteiger partial charge in [0.05, 0.1) is 17.4 Å². The quantitative estimate of drug-likeness (QED) is 0.566. The molecule has 1 aromatic rings. The number of hydrogen-bond donors (Lipinski definition) is 3. The zero-order valence-corrected chi connectivity index (χ0v) is 18.7. The van der Waals surface area contributed by atoms with Gasteiger partial charge in [0.2, 0.25) is 5.91 Å². The number of methoxy groups -OCH3 is 1. The summed E-state index contributed by atoms with van der Waals surface area (Å²) >= 11 is 0. The van der Waals surface area contributed by atoms with Gasteiger partial charge in [-0.25, -0.2) is 0 Å². The first kappa shape index (κ1) is 22.6. The van der Waals surface area contributed by atoms with Crippen LogP contribution in [0.4, 0.5) is 5.69 Å². The lowest BCUT2D eigenvalue weighted by Crippen LogP contribution is -2.36. The molecule has 0 unspecified atom stereocenters. The highest BCUT2D eigenvalue weighted by molar-refractivity contribution is 5.99. The van der Waals surface area contributed by atoms with Gasteiger partial charge in [0, 0.05) is 26.1 Å². The van der Waals surface area contributed by atoms with Crippen LogP contribution >= 0.6 is 0 Å². The zero-order chi connectivity index (χ0) is 21.7. The second-order valence-electron chi connectivity index (χ2n) is 9.44. The summed E-state index contributed by atoms with van der Waals surface area (Å²) in [6.45, 7) is 5.69. The van der Waals surface area contributed by atoms with Crippen LogP contribution in [0.1, 0.15) is 80.3 Å². The number of carbonyl (C=O) groups excluding carboxylic acids is 2. The van der Waals surface area contributed by atoms with Gasteiger partial charge in [-0.2, -0.15) is 0 Å². The Morgan fingerprint density at radius 1 is 1.17 bits per heavy atom. The van der Waals surface area contributed by atoms with Gasteiger partial charge in [-0.15, -0.1) is 0 Å². The summed E-state index contributed by atoms with van der Waals surface area (Å²) in [7, 11) is 1.75. The maximum absolute atomic E-state index is 12.3. The van der Waals surface area contributed by atoms with E-state index >= 15 is 0 Å². The van der Waals surface area contributed by atoms with E-state index in [1.54, 1.807) is 7.11 Å². The summed E-state index contributed by atoms with van der Waals surface area (Å²) < 4.78 is 5.63. The molecule has 0 aromatic heterocycles. The van der Waals surface area contributed by atoms with Crippen molar-refractivity contribution in [2.45, 2.75) is 76.7 Å². The van der Waals surface area contributed by atoms with E-state index in [0.29, 0.717) is 18.7 Å². The first-order valence-corrected chi connectivity index (χ1v) is 11.3. The van der Waals surface area contributed by atoms with Crippen LogP contribution in [0.15, 0.2) is 12.1 Å². The first-order chi connectivity index (χ1) is 14.3. The van der Waals surface area contributed by atoms with Crippen LogP contribution in [0, 0.1) is 5.92 Å². The van der Waals surface area contributed by atoms with Crippen molar-refractivity contribution in [1.29, 1.82) is 0 Å². The molecule has 0 radical (unpaired) electrons. The Morgan fingerprint density at radius 3 is 2.57 bits per heavy atom. The normalized spacial score (nSPS) is 21.0. The minimum Gasteiger partial charge on any atom is -0.384 e. The Hall–Kier alpha value is -2.08. The Morgan fingerprint density at radius 2 is 1.90 bits per heavy atom. The van der Waals surface area contributed by atoms with E-state index in [4.69, 9.17) is 10.5 Å². The summed E-state index contributed by atoms with van der Waals surface area (Å²) in [4.78, 5) is 24.4. The minimum absolute atomic E-state index is 0.128. The van der Waals surface area contributed by atoms with Crippen molar-refractivity contribution >= 4 is 17.5 Å². The average Bonchev–Trinajstić information content (AvgIpc) is 2.72. The van der Waals surface area contributed by atoms with Gasteiger partial charge in [-0.05, 0) is 54.7 Å². The molecule has 0 aliphatic heterocycles. The standard InChI is InChI=1S/C24H37N3O3/c1-24(2)15-18(30-3)14-17-10-11-19(22(25)28)21(20(17)24)26-12-7-13-27-23(29)16-8-5-4-6-9-16/h10-11,16,18,26H,4-9,12-15H2,1-3H3,(H2,25,28)(H,27,29)/t18-/m0/s1. The number of amides is 2. The number of nitrogens with two attached hydrogens (primary N) is 1. The maximum atomic E-state index is 12.3. The second-order valence-corrected chi connectivity index (χ2v) is 9.44. The molecule has 0 bridgehead atoms. The SMILES string of the molecule is CO[C@H]1Cc2ccc(C(N)=O)c(NCCCNC(=O)C3CCCCC3)c2C(C)(C)C1. The van der Waals surface area contributed by atoms with Gasteiger partial charge in [0.15, 0.2) is 0 Å². The molecule has 4 N–H and O–H groups in total. The number of ether oxygens (including phenoxy) is 1. The number of primary amides is 1. The van der Waals surface area contributed by atoms with Gasteiger partial charge in [0.25, 0.3) is 5.91 Å². The molecule has 2 aliphatic carbocycles. The Bertz CT molecular complexity index is 769. The molecule has 2 aliphatic rings. The van der Waals surface area contributed by atoms with Crippen molar-refractivity contribution in [3.63, 3.8) is 0 Å². The van der Waals surface area contributed by atoms with E-state index in [1.165, 1.54) is 17.5 Å². The van der Waals surface area contributed by atoms with Crippen LogP contribution in [-0.2, 0) is 21.4 Å². The van der Waals surface area contributed by atoms with Gasteiger partial charge in [0.1, 0.15) is 0 Å². The third-order valence-corrected chi connectivity index (χ3v) is 6.68. The fraction of sp³-hybridized carbons (Fsp3) is 0.667. The topological polar surface area (TPSA) is 93.4 Å². The monoisotopic (exact) mass is 415 g/mol. The predicted octanol–water partition coefficient (Wildman–Crippen LogP) is 3.52. The lowest BCUT2D eigenvalue weighted by Gasteiger charge is -2.39. The third kappa shape index (κ3) is 5.15. The molecule has 0 saturated heterocycles. The molecule has 1 aromatic carbocycles. The molecule has 1 atom stereocenters. The molecule has 30 heavy (non-hydrogen) atoms. The summed E-state index contributed by atoms with van der Waals surface area (Å²) in [5.41, 5.74) is 9.30. The van der Waals surface area contributed by atoms with Crippen LogP contribution in [0.2, 0.25) is 0 Å². The van der Waals surface area contributed by atoms with Gasteiger partial charge in [-0.3, -0.25) is 9.59 Å². The number of rotatable bonds is 8. The molecule has 6 heteroatoms. The minimum atomic E-state index is -0.421. The van der Waals surface area contributed by atoms with Crippen LogP contribution in [0.25, 0.3) is 0 Å². The maximum Gasteiger partial charge on any atom is 0.250 e. The van der Waals surface area contributed by atoms with Crippen LogP contribution in [0.3, 0.4) is 0 Å². The average molecular weight is 416 g/mol. The van der Waals surface area contributed by atoms with Crippen LogP contribution < -0.4 is 16.4 Å². The molecule has 2 amide bonds. The highest BCUT2D eigenvalue weighted by atomic mass is 16.5. The molecular weight excluding hydrogens is 378 g/mol. The zero-order valence-electron chi connectivity index (χ0n) is 18.7. The van der Waals surface area contributed by atoms with Gasteiger partial charge in [-0.1, -0.05) is 39.2 Å². The third-order valence-electron chi connectivity index (χ3n) is 6.68. The van der Waals surface area contributed by atoms with Gasteiger partial charge < -0.3 is 21.1 Å². The van der Waals surface area contributed by atoms with Crippen molar-refractivity contribution in [2.24, 2.45) is 11.7 Å². The largest absolute Gasteiger partial charge is 0.384 e. The lowest BCUT2D eigenvalue weighted by atomic mass is 9.70. The van der Waals surface area contributed by atoms with E-state index in [0.717, 1.165) is 50.6 Å². The summed E-state index contributed by atoms with van der Waals surface area (Å²) in [5, 5.41) is 6.55. The number of hydrogen-bond acceptors (Lipinski definition) is 4. The summed E-state index contributed by atoms with van der Waals surface area (Å²) in [5.74, 6) is -0.0456. The molecule has 1 fully saturated rings. The van der Waals surface area contributed by atoms with Crippen molar-refractivity contribution in [2.75, 3.05) is 25.5 Å². The fourth-order valence-corrected chi connectivity index (χ4v) is 5.16. The number of carbonyl (C=O) groups is 2. The Kier molecular flexibility index (Phi) is 7.40. The molecular formula is C24H37N3O3. The highest BCUT2D eigenvalue weighted by Crippen LogP contribution is 2.43. The molecule has 1 saturated carbocycles. The van der Waals surface area contributed by atoms with E-state index in [2.05, 4.69) is 24.5 Å². The van der Waals surface area contributed by atoms with Crippen molar-refractivity contribution in [1.82, 2.24) is 5.32 Å². The number of anilines is 1. The van der Waals surface area contributed by atoms with Gasteiger partial charge >= 0.3 is 0 Å². The van der Waals surface area contributed by atoms with E-state index in [9.17, 15) is 9.59 Å². The van der Waals surface area contributed by atoms with Crippen molar-refractivity contribution in [3.05, 3.63) is 28.8 Å². The Balaban J connectivity index is 1.65. The van der Waals surface area contributed by atoms with Crippen molar-refractivity contribution in [3.8, 4) is 0 Å². The van der Waals surface area contributed by atoms with Crippen molar-refractivity contribution < 1.29 is 14.3 Å². The smallest absolute Gasteiger partial charge is 0.250 e. The number of nitrogens with one attached hydrogen (secondary N) is 2. The first-order valence-electron chi connectivity index (χ1n) is 11.3. The Labute approximate surface area is 180 Å². The molecule has 6 nitrogen and oxygen atoms in total. The number of fused-ring (bicyclic) bond motifs is 1. The van der Waals surface area contributed by atoms with Crippen LogP contribution in [-0.4, -0.2) is 38.1 Å². The highest BCUT2D eigenvalue weighted by Gasteiger charge is 2.36. The molecule has 0 spiro atoms. The second kappa shape index (κ2) is 9.82. The van der Waals surface area contributed by atoms with E-state index in [1.807, 2.05) is 12.1 Å². The van der Waals surface area contributed by atoms with E-state index in [-0.39, 0.29) is 23.3 Å². The summed E-state index contributed by atoms with van der Waals surface area (Å²) in [6.07, 6.45) is 8.29. The van der Waals surface area contributed by atoms with E-state index < -0.39 is 5.91 Å². The lowest BCUT2D eigenvalue weighted by molar-refractivity contribution is -0.125. The van der Waals surface area contributed by atoms with Crippen LogP contribution in [0.5, 0.6) is 0 Å². The summed E-state index contributed by atoms with van der Waals surface area (Å²) in [6, 6.07) is 3.83. The number of benzene rings is 1. The molecule has 3 rings (SSSR count).